The Kier molecular flexibility index (Phi) is 7.11. The molecular formula is C60H36. The summed E-state index contributed by atoms with van der Waals surface area (Å²) in [4.78, 5) is 0. The molecule has 0 amide bonds. The summed E-state index contributed by atoms with van der Waals surface area (Å²) in [5.41, 5.74) is 15.2. The summed E-state index contributed by atoms with van der Waals surface area (Å²) in [7, 11) is 0. The van der Waals surface area contributed by atoms with Gasteiger partial charge in [-0.3, -0.25) is 0 Å². The summed E-state index contributed by atoms with van der Waals surface area (Å²) < 4.78 is 0. The lowest BCUT2D eigenvalue weighted by Crippen LogP contribution is -1.98. The molecule has 0 atom stereocenters. The summed E-state index contributed by atoms with van der Waals surface area (Å²) in [6.07, 6.45) is 0. The Morgan fingerprint density at radius 3 is 1.17 bits per heavy atom. The SMILES string of the molecule is c1ccc(-c2ccc3ccccc3c2-c2c3c(c(-c4c(-c5ccccc5)ccc5ccccc45)c4cc5ccccc5cc24)-c2cc4ccccc4c4cccc-3c24)cc1. The first-order chi connectivity index (χ1) is 29.8. The molecule has 0 saturated heterocycles. The minimum absolute atomic E-state index is 1.21. The molecule has 0 bridgehead atoms. The predicted octanol–water partition coefficient (Wildman–Crippen LogP) is 16.9. The van der Waals surface area contributed by atoms with Crippen LogP contribution in [0, 0.1) is 0 Å². The second-order valence-corrected chi connectivity index (χ2v) is 16.3. The van der Waals surface area contributed by atoms with Gasteiger partial charge in [0.1, 0.15) is 0 Å². The maximum Gasteiger partial charge on any atom is -0.000674 e. The van der Waals surface area contributed by atoms with Gasteiger partial charge in [-0.25, -0.2) is 0 Å². The molecule has 276 valence electrons. The van der Waals surface area contributed by atoms with Crippen molar-refractivity contribution in [2.45, 2.75) is 0 Å². The van der Waals surface area contributed by atoms with E-state index < -0.39 is 0 Å². The smallest absolute Gasteiger partial charge is 0.000674 e. The average molecular weight is 757 g/mol. The first-order valence-electron chi connectivity index (χ1n) is 20.9. The van der Waals surface area contributed by atoms with Crippen molar-refractivity contribution in [1.82, 2.24) is 0 Å². The van der Waals surface area contributed by atoms with Crippen LogP contribution in [0.15, 0.2) is 218 Å². The van der Waals surface area contributed by atoms with Crippen LogP contribution in [-0.2, 0) is 0 Å². The molecule has 1 aliphatic carbocycles. The first kappa shape index (κ1) is 33.2. The van der Waals surface area contributed by atoms with Gasteiger partial charge in [0.25, 0.3) is 0 Å². The van der Waals surface area contributed by atoms with Crippen molar-refractivity contribution < 1.29 is 0 Å². The van der Waals surface area contributed by atoms with Crippen molar-refractivity contribution in [3.8, 4) is 66.8 Å². The number of hydrogen-bond donors (Lipinski definition) is 0. The second kappa shape index (κ2) is 12.9. The van der Waals surface area contributed by atoms with Crippen LogP contribution < -0.4 is 0 Å². The molecule has 0 fully saturated rings. The van der Waals surface area contributed by atoms with Crippen molar-refractivity contribution in [3.05, 3.63) is 218 Å². The van der Waals surface area contributed by atoms with Gasteiger partial charge >= 0.3 is 0 Å². The van der Waals surface area contributed by atoms with E-state index in [9.17, 15) is 0 Å². The highest BCUT2D eigenvalue weighted by Crippen LogP contribution is 2.61. The van der Waals surface area contributed by atoms with Crippen LogP contribution in [0.25, 0.3) is 131 Å². The van der Waals surface area contributed by atoms with Crippen molar-refractivity contribution in [1.29, 1.82) is 0 Å². The summed E-state index contributed by atoms with van der Waals surface area (Å²) >= 11 is 0. The van der Waals surface area contributed by atoms with Gasteiger partial charge in [-0.15, -0.1) is 0 Å². The molecule has 13 rings (SSSR count). The fourth-order valence-corrected chi connectivity index (χ4v) is 10.6. The average Bonchev–Trinajstić information content (AvgIpc) is 3.64. The predicted molar refractivity (Wildman–Crippen MR) is 258 cm³/mol. The van der Waals surface area contributed by atoms with E-state index in [4.69, 9.17) is 0 Å². The zero-order valence-electron chi connectivity index (χ0n) is 32.8. The minimum Gasteiger partial charge on any atom is -0.0622 e. The lowest BCUT2D eigenvalue weighted by atomic mass is 9.77. The Hall–Kier alpha value is -7.80. The van der Waals surface area contributed by atoms with Crippen LogP contribution in [0.1, 0.15) is 0 Å². The van der Waals surface area contributed by atoms with Crippen LogP contribution in [0.2, 0.25) is 0 Å². The van der Waals surface area contributed by atoms with E-state index in [0.717, 1.165) is 0 Å². The highest BCUT2D eigenvalue weighted by atomic mass is 14.4. The van der Waals surface area contributed by atoms with E-state index >= 15 is 0 Å². The number of hydrogen-bond acceptors (Lipinski definition) is 0. The van der Waals surface area contributed by atoms with Gasteiger partial charge < -0.3 is 0 Å². The number of benzene rings is 12. The van der Waals surface area contributed by atoms with E-state index in [0.29, 0.717) is 0 Å². The molecule has 0 unspecified atom stereocenters. The lowest BCUT2D eigenvalue weighted by Gasteiger charge is -2.25. The van der Waals surface area contributed by atoms with Crippen LogP contribution in [0.4, 0.5) is 0 Å². The molecule has 0 radical (unpaired) electrons. The van der Waals surface area contributed by atoms with E-state index in [2.05, 4.69) is 218 Å². The van der Waals surface area contributed by atoms with E-state index in [-0.39, 0.29) is 0 Å². The maximum atomic E-state index is 2.49. The highest BCUT2D eigenvalue weighted by Gasteiger charge is 2.34. The highest BCUT2D eigenvalue weighted by molar-refractivity contribution is 6.34. The molecule has 0 nitrogen and oxygen atoms in total. The van der Waals surface area contributed by atoms with Crippen molar-refractivity contribution in [3.63, 3.8) is 0 Å². The van der Waals surface area contributed by atoms with Gasteiger partial charge in [0.15, 0.2) is 0 Å². The van der Waals surface area contributed by atoms with Crippen LogP contribution in [0.3, 0.4) is 0 Å². The molecule has 0 spiro atoms. The summed E-state index contributed by atoms with van der Waals surface area (Å²) in [6.45, 7) is 0. The molecule has 0 saturated carbocycles. The van der Waals surface area contributed by atoms with Gasteiger partial charge in [-0.1, -0.05) is 200 Å². The third-order valence-electron chi connectivity index (χ3n) is 13.1. The van der Waals surface area contributed by atoms with E-state index in [1.807, 2.05) is 0 Å². The summed E-state index contributed by atoms with van der Waals surface area (Å²) in [5, 5.41) is 15.1. The van der Waals surface area contributed by atoms with E-state index in [1.165, 1.54) is 131 Å². The lowest BCUT2D eigenvalue weighted by molar-refractivity contribution is 1.61. The summed E-state index contributed by atoms with van der Waals surface area (Å²) in [5.74, 6) is 0. The van der Waals surface area contributed by atoms with Crippen molar-refractivity contribution >= 4 is 64.6 Å². The Bertz CT molecular complexity index is 3740. The molecule has 0 heteroatoms. The third-order valence-corrected chi connectivity index (χ3v) is 13.1. The Morgan fingerprint density at radius 2 is 0.617 bits per heavy atom. The molecule has 0 heterocycles. The Balaban J connectivity index is 1.34. The molecule has 12 aromatic rings. The van der Waals surface area contributed by atoms with Crippen molar-refractivity contribution in [2.75, 3.05) is 0 Å². The van der Waals surface area contributed by atoms with Gasteiger partial charge in [-0.05, 0) is 150 Å². The Morgan fingerprint density at radius 1 is 0.183 bits per heavy atom. The van der Waals surface area contributed by atoms with Gasteiger partial charge in [0, 0.05) is 0 Å². The largest absolute Gasteiger partial charge is 0.0622 e. The standard InChI is InChI=1S/C60H36/c1-3-16-37(17-4-1)47-32-30-39-20-9-13-26-45(39)55(47)58-51-34-41-22-7-8-23-42(41)35-52(51)59(56-46-27-14-10-21-40(46)31-33-48(56)38-18-5-2-6-19-38)60-53-36-43-24-11-12-25-44(43)49-28-15-29-50(54(49)53)57(58)60/h1-36H. The van der Waals surface area contributed by atoms with Crippen LogP contribution in [-0.4, -0.2) is 0 Å². The van der Waals surface area contributed by atoms with Gasteiger partial charge in [-0.2, -0.15) is 0 Å². The maximum absolute atomic E-state index is 2.49. The molecule has 0 aromatic heterocycles. The zero-order chi connectivity index (χ0) is 39.3. The van der Waals surface area contributed by atoms with E-state index in [1.54, 1.807) is 0 Å². The fraction of sp³-hybridized carbons (Fsp3) is 0. The molecule has 0 aliphatic heterocycles. The van der Waals surface area contributed by atoms with Crippen LogP contribution in [0.5, 0.6) is 0 Å². The molecule has 60 heavy (non-hydrogen) atoms. The summed E-state index contributed by atoms with van der Waals surface area (Å²) in [6, 6.07) is 81.6. The molecule has 0 N–H and O–H groups in total. The zero-order valence-corrected chi connectivity index (χ0v) is 32.8. The fourth-order valence-electron chi connectivity index (χ4n) is 10.6. The number of rotatable bonds is 4. The minimum atomic E-state index is 1.21. The molecule has 12 aromatic carbocycles. The quantitative estimate of drug-likeness (QED) is 0.124. The molecular weight excluding hydrogens is 721 g/mol. The topological polar surface area (TPSA) is 0 Å². The van der Waals surface area contributed by atoms with Gasteiger partial charge in [0.2, 0.25) is 0 Å². The number of fused-ring (bicyclic) bond motifs is 9. The van der Waals surface area contributed by atoms with Gasteiger partial charge in [0.05, 0.1) is 0 Å². The second-order valence-electron chi connectivity index (χ2n) is 16.3. The van der Waals surface area contributed by atoms with Crippen molar-refractivity contribution in [2.24, 2.45) is 0 Å². The molecule has 1 aliphatic rings. The monoisotopic (exact) mass is 756 g/mol. The van der Waals surface area contributed by atoms with Crippen LogP contribution >= 0.6 is 0 Å². The normalized spacial score (nSPS) is 12.0. The third kappa shape index (κ3) is 4.73. The first-order valence-corrected chi connectivity index (χ1v) is 20.9. The Labute approximate surface area is 348 Å².